The number of methoxy groups -OCH3 is 1. The summed E-state index contributed by atoms with van der Waals surface area (Å²) in [5, 5.41) is 3.55. The molecular formula is C25H19NO5. The number of para-hydroxylation sites is 1. The molecule has 0 saturated heterocycles. The van der Waals surface area contributed by atoms with E-state index < -0.39 is 17.6 Å². The summed E-state index contributed by atoms with van der Waals surface area (Å²) in [5.74, 6) is 0.151. The lowest BCUT2D eigenvalue weighted by atomic mass is 9.88. The van der Waals surface area contributed by atoms with E-state index in [1.807, 2.05) is 42.5 Å². The van der Waals surface area contributed by atoms with Crippen LogP contribution in [0.4, 0.5) is 5.69 Å². The Morgan fingerprint density at radius 2 is 1.65 bits per heavy atom. The fourth-order valence-corrected chi connectivity index (χ4v) is 3.97. The van der Waals surface area contributed by atoms with Crippen LogP contribution in [0.1, 0.15) is 17.0 Å². The fraction of sp³-hybridized carbons (Fsp3) is 0.120. The van der Waals surface area contributed by atoms with Crippen LogP contribution in [0.2, 0.25) is 0 Å². The van der Waals surface area contributed by atoms with Crippen LogP contribution in [0.5, 0.6) is 11.5 Å². The van der Waals surface area contributed by atoms with Crippen molar-refractivity contribution in [3.8, 4) is 11.5 Å². The number of rotatable bonds is 4. The summed E-state index contributed by atoms with van der Waals surface area (Å²) >= 11 is 0. The van der Waals surface area contributed by atoms with E-state index in [9.17, 15) is 9.59 Å². The van der Waals surface area contributed by atoms with Crippen LogP contribution in [0.3, 0.4) is 0 Å². The predicted molar refractivity (Wildman–Crippen MR) is 117 cm³/mol. The second-order valence-corrected chi connectivity index (χ2v) is 7.27. The number of fused-ring (bicyclic) bond motifs is 3. The average Bonchev–Trinajstić information content (AvgIpc) is 3.22. The summed E-state index contributed by atoms with van der Waals surface area (Å²) in [5.41, 5.74) is 1.70. The van der Waals surface area contributed by atoms with Gasteiger partial charge in [0.25, 0.3) is 5.91 Å². The quantitative estimate of drug-likeness (QED) is 0.504. The number of anilines is 1. The molecule has 0 unspecified atom stereocenters. The highest BCUT2D eigenvalue weighted by atomic mass is 16.5. The van der Waals surface area contributed by atoms with Gasteiger partial charge < -0.3 is 19.2 Å². The Hall–Kier alpha value is -4.06. The average molecular weight is 413 g/mol. The zero-order valence-electron chi connectivity index (χ0n) is 16.7. The highest BCUT2D eigenvalue weighted by molar-refractivity contribution is 5.97. The number of benzene rings is 3. The molecule has 3 aromatic carbocycles. The molecule has 4 aromatic rings. The Labute approximate surface area is 178 Å². The molecule has 1 aromatic heterocycles. The molecule has 0 spiro atoms. The van der Waals surface area contributed by atoms with Crippen LogP contribution in [-0.2, 0) is 4.79 Å². The van der Waals surface area contributed by atoms with E-state index in [2.05, 4.69) is 5.32 Å². The first-order valence-corrected chi connectivity index (χ1v) is 9.88. The minimum atomic E-state index is -0.923. The summed E-state index contributed by atoms with van der Waals surface area (Å²) in [7, 11) is 1.58. The molecule has 1 amide bonds. The molecule has 1 aliphatic rings. The molecule has 0 aliphatic carbocycles. The van der Waals surface area contributed by atoms with Crippen LogP contribution in [0, 0.1) is 0 Å². The first-order chi connectivity index (χ1) is 15.2. The predicted octanol–water partition coefficient (Wildman–Crippen LogP) is 4.33. The molecule has 31 heavy (non-hydrogen) atoms. The Balaban J connectivity index is 1.59. The standard InChI is InChI=1S/C25H19NO5/c1-29-17-13-11-16(12-14-17)26-24(27)23-20(15-7-3-2-4-8-15)21-22(31-23)18-9-5-6-10-19(18)30-25(21)28/h2-14,20,23H,1H3,(H,26,27)/t20-,23+/m1/s1. The molecule has 0 radical (unpaired) electrons. The number of hydrogen-bond donors (Lipinski definition) is 1. The van der Waals surface area contributed by atoms with Crippen molar-refractivity contribution in [1.29, 1.82) is 0 Å². The van der Waals surface area contributed by atoms with Crippen LogP contribution < -0.4 is 20.4 Å². The topological polar surface area (TPSA) is 77.8 Å². The van der Waals surface area contributed by atoms with Gasteiger partial charge in [-0.15, -0.1) is 0 Å². The van der Waals surface area contributed by atoms with E-state index in [0.29, 0.717) is 33.7 Å². The summed E-state index contributed by atoms with van der Waals surface area (Å²) in [4.78, 5) is 26.2. The van der Waals surface area contributed by atoms with Crippen LogP contribution in [0.15, 0.2) is 88.1 Å². The van der Waals surface area contributed by atoms with Crippen molar-refractivity contribution in [2.24, 2.45) is 0 Å². The van der Waals surface area contributed by atoms with Crippen molar-refractivity contribution in [2.75, 3.05) is 12.4 Å². The van der Waals surface area contributed by atoms with Crippen LogP contribution >= 0.6 is 0 Å². The van der Waals surface area contributed by atoms with Crippen molar-refractivity contribution in [3.63, 3.8) is 0 Å². The van der Waals surface area contributed by atoms with Gasteiger partial charge in [0.05, 0.1) is 24.0 Å². The molecule has 0 fully saturated rings. The molecule has 6 heteroatoms. The van der Waals surface area contributed by atoms with Gasteiger partial charge in [-0.1, -0.05) is 42.5 Å². The van der Waals surface area contributed by atoms with Crippen molar-refractivity contribution < 1.29 is 18.7 Å². The van der Waals surface area contributed by atoms with Gasteiger partial charge in [0.15, 0.2) is 6.10 Å². The number of hydrogen-bond acceptors (Lipinski definition) is 5. The second kappa shape index (κ2) is 7.65. The number of carbonyl (C=O) groups is 1. The number of nitrogens with one attached hydrogen (secondary N) is 1. The Bertz CT molecular complexity index is 1310. The Morgan fingerprint density at radius 1 is 0.935 bits per heavy atom. The van der Waals surface area contributed by atoms with Crippen molar-refractivity contribution in [3.05, 3.63) is 100 Å². The molecule has 2 heterocycles. The third-order valence-electron chi connectivity index (χ3n) is 5.43. The third kappa shape index (κ3) is 3.32. The van der Waals surface area contributed by atoms with Crippen molar-refractivity contribution in [1.82, 2.24) is 0 Å². The molecular weight excluding hydrogens is 394 g/mol. The van der Waals surface area contributed by atoms with Crippen molar-refractivity contribution in [2.45, 2.75) is 12.0 Å². The van der Waals surface area contributed by atoms with Gasteiger partial charge in [0.2, 0.25) is 0 Å². The fourth-order valence-electron chi connectivity index (χ4n) is 3.97. The molecule has 1 N–H and O–H groups in total. The Kier molecular flexibility index (Phi) is 4.67. The lowest BCUT2D eigenvalue weighted by molar-refractivity contribution is -0.122. The lowest BCUT2D eigenvalue weighted by Crippen LogP contribution is -2.35. The van der Waals surface area contributed by atoms with Gasteiger partial charge in [-0.05, 0) is 42.0 Å². The van der Waals surface area contributed by atoms with Gasteiger partial charge >= 0.3 is 5.63 Å². The summed E-state index contributed by atoms with van der Waals surface area (Å²) < 4.78 is 16.9. The normalized spacial score (nSPS) is 17.1. The highest BCUT2D eigenvalue weighted by Gasteiger charge is 2.44. The first kappa shape index (κ1) is 18.9. The smallest absolute Gasteiger partial charge is 0.344 e. The van der Waals surface area contributed by atoms with Crippen LogP contribution in [-0.4, -0.2) is 19.1 Å². The van der Waals surface area contributed by atoms with Gasteiger partial charge in [0.1, 0.15) is 17.1 Å². The van der Waals surface area contributed by atoms with E-state index in [1.54, 1.807) is 43.5 Å². The minimum absolute atomic E-state index is 0.348. The van der Waals surface area contributed by atoms with Gasteiger partial charge in [0, 0.05) is 5.69 Å². The van der Waals surface area contributed by atoms with Gasteiger partial charge in [-0.25, -0.2) is 4.79 Å². The highest BCUT2D eigenvalue weighted by Crippen LogP contribution is 2.44. The third-order valence-corrected chi connectivity index (χ3v) is 5.43. The minimum Gasteiger partial charge on any atom is -0.497 e. The van der Waals surface area contributed by atoms with E-state index in [4.69, 9.17) is 13.9 Å². The maximum Gasteiger partial charge on any atom is 0.344 e. The molecule has 0 saturated carbocycles. The van der Waals surface area contributed by atoms with E-state index in [-0.39, 0.29) is 5.91 Å². The zero-order valence-corrected chi connectivity index (χ0v) is 16.7. The van der Waals surface area contributed by atoms with E-state index in [0.717, 1.165) is 5.56 Å². The SMILES string of the molecule is COc1ccc(NC(=O)[C@H]2Oc3c(c(=O)oc4ccccc34)[C@H]2c2ccccc2)cc1. The van der Waals surface area contributed by atoms with Gasteiger partial charge in [-0.2, -0.15) is 0 Å². The molecule has 154 valence electrons. The van der Waals surface area contributed by atoms with Crippen LogP contribution in [0.25, 0.3) is 11.0 Å². The number of amides is 1. The molecule has 1 aliphatic heterocycles. The number of ether oxygens (including phenoxy) is 2. The van der Waals surface area contributed by atoms with E-state index >= 15 is 0 Å². The summed E-state index contributed by atoms with van der Waals surface area (Å²) in [6.07, 6.45) is -0.923. The summed E-state index contributed by atoms with van der Waals surface area (Å²) in [6.45, 7) is 0. The van der Waals surface area contributed by atoms with Gasteiger partial charge in [-0.3, -0.25) is 4.79 Å². The zero-order chi connectivity index (χ0) is 21.4. The monoisotopic (exact) mass is 413 g/mol. The maximum atomic E-state index is 13.3. The molecule has 5 rings (SSSR count). The second-order valence-electron chi connectivity index (χ2n) is 7.27. The Morgan fingerprint density at radius 3 is 2.39 bits per heavy atom. The summed E-state index contributed by atoms with van der Waals surface area (Å²) in [6, 6.07) is 23.6. The first-order valence-electron chi connectivity index (χ1n) is 9.88. The van der Waals surface area contributed by atoms with E-state index in [1.165, 1.54) is 0 Å². The lowest BCUT2D eigenvalue weighted by Gasteiger charge is -2.18. The molecule has 2 atom stereocenters. The molecule has 0 bridgehead atoms. The van der Waals surface area contributed by atoms with Crippen molar-refractivity contribution >= 4 is 22.6 Å². The maximum absolute atomic E-state index is 13.3. The molecule has 6 nitrogen and oxygen atoms in total. The number of carbonyl (C=O) groups excluding carboxylic acids is 1. The largest absolute Gasteiger partial charge is 0.497 e.